The van der Waals surface area contributed by atoms with Gasteiger partial charge in [0, 0.05) is 11.6 Å². The highest BCUT2D eigenvalue weighted by molar-refractivity contribution is 5.90. The molecule has 3 heteroatoms. The fourth-order valence-corrected chi connectivity index (χ4v) is 1.77. The number of hydrogen-bond donors (Lipinski definition) is 1. The van der Waals surface area contributed by atoms with E-state index in [1.807, 2.05) is 30.3 Å². The minimum Gasteiger partial charge on any atom is -0.508 e. The van der Waals surface area contributed by atoms with Crippen molar-refractivity contribution in [1.29, 1.82) is 5.26 Å². The average molecular weight is 251 g/mol. The molecule has 2 aromatic rings. The summed E-state index contributed by atoms with van der Waals surface area (Å²) in [5.74, 6) is 0.663. The molecule has 94 valence electrons. The van der Waals surface area contributed by atoms with Crippen LogP contribution >= 0.6 is 0 Å². The van der Waals surface area contributed by atoms with Crippen LogP contribution in [0.25, 0.3) is 11.6 Å². The summed E-state index contributed by atoms with van der Waals surface area (Å²) in [5, 5.41) is 18.7. The number of allylic oxidation sites excluding steroid dienone is 1. The van der Waals surface area contributed by atoms with Crippen LogP contribution in [0.5, 0.6) is 11.5 Å². The predicted octanol–water partition coefficient (Wildman–Crippen LogP) is 3.46. The molecule has 1 N–H and O–H groups in total. The van der Waals surface area contributed by atoms with Crippen molar-refractivity contribution in [1.82, 2.24) is 0 Å². The van der Waals surface area contributed by atoms with Crippen molar-refractivity contribution in [2.45, 2.75) is 0 Å². The van der Waals surface area contributed by atoms with Gasteiger partial charge in [-0.15, -0.1) is 0 Å². The first-order chi connectivity index (χ1) is 9.24. The number of hydrogen-bond acceptors (Lipinski definition) is 3. The molecule has 0 atom stereocenters. The van der Waals surface area contributed by atoms with Crippen LogP contribution in [0.3, 0.4) is 0 Å². The van der Waals surface area contributed by atoms with E-state index < -0.39 is 0 Å². The Balaban J connectivity index is 2.48. The molecule has 0 radical (unpaired) electrons. The summed E-state index contributed by atoms with van der Waals surface area (Å²) >= 11 is 0. The van der Waals surface area contributed by atoms with Crippen molar-refractivity contribution in [2.24, 2.45) is 0 Å². The number of ether oxygens (including phenoxy) is 1. The van der Waals surface area contributed by atoms with E-state index in [0.717, 1.165) is 11.1 Å². The molecule has 2 rings (SSSR count). The van der Waals surface area contributed by atoms with Gasteiger partial charge in [-0.1, -0.05) is 30.3 Å². The van der Waals surface area contributed by atoms with Crippen LogP contribution in [-0.2, 0) is 0 Å². The molecule has 0 unspecified atom stereocenters. The number of methoxy groups -OCH3 is 1. The highest BCUT2D eigenvalue weighted by atomic mass is 16.5. The first-order valence-electron chi connectivity index (χ1n) is 5.79. The smallest absolute Gasteiger partial charge is 0.129 e. The van der Waals surface area contributed by atoms with Gasteiger partial charge in [-0.05, 0) is 23.8 Å². The standard InChI is InChI=1S/C16H13NO2/c1-19-16-10-15(18)8-7-13(16)9-14(11-17)12-5-3-2-4-6-12/h2-10,18H,1H3/b14-9+. The van der Waals surface area contributed by atoms with Crippen LogP contribution in [0.1, 0.15) is 11.1 Å². The van der Waals surface area contributed by atoms with Crippen LogP contribution in [0.4, 0.5) is 0 Å². The Bertz CT molecular complexity index is 640. The molecule has 19 heavy (non-hydrogen) atoms. The number of phenolic OH excluding ortho intramolecular Hbond substituents is 1. The molecule has 0 fully saturated rings. The number of nitrogens with zero attached hydrogens (tertiary/aromatic N) is 1. The van der Waals surface area contributed by atoms with E-state index in [9.17, 15) is 10.4 Å². The van der Waals surface area contributed by atoms with Gasteiger partial charge in [0.25, 0.3) is 0 Å². The molecule has 0 saturated heterocycles. The number of aromatic hydroxyl groups is 1. The molecule has 0 aliphatic rings. The van der Waals surface area contributed by atoms with Gasteiger partial charge in [0.05, 0.1) is 18.8 Å². The maximum atomic E-state index is 9.41. The van der Waals surface area contributed by atoms with Crippen LogP contribution in [0.15, 0.2) is 48.5 Å². The topological polar surface area (TPSA) is 53.2 Å². The Morgan fingerprint density at radius 1 is 1.21 bits per heavy atom. The van der Waals surface area contributed by atoms with Gasteiger partial charge in [0.1, 0.15) is 11.5 Å². The lowest BCUT2D eigenvalue weighted by Gasteiger charge is -2.06. The minimum absolute atomic E-state index is 0.132. The first kappa shape index (κ1) is 12.7. The second-order valence-electron chi connectivity index (χ2n) is 3.96. The zero-order valence-electron chi connectivity index (χ0n) is 10.5. The molecule has 0 aromatic heterocycles. The van der Waals surface area contributed by atoms with E-state index in [0.29, 0.717) is 11.3 Å². The highest BCUT2D eigenvalue weighted by Crippen LogP contribution is 2.27. The Labute approximate surface area is 112 Å². The number of nitriles is 1. The molecule has 0 bridgehead atoms. The summed E-state index contributed by atoms with van der Waals surface area (Å²) in [6.07, 6.45) is 1.74. The molecule has 2 aromatic carbocycles. The Kier molecular flexibility index (Phi) is 3.84. The molecule has 0 spiro atoms. The lowest BCUT2D eigenvalue weighted by Crippen LogP contribution is -1.88. The third-order valence-corrected chi connectivity index (χ3v) is 2.72. The third-order valence-electron chi connectivity index (χ3n) is 2.72. The van der Waals surface area contributed by atoms with Gasteiger partial charge in [-0.25, -0.2) is 0 Å². The molecule has 0 amide bonds. The molecule has 0 saturated carbocycles. The summed E-state index contributed by atoms with van der Waals surface area (Å²) in [5.41, 5.74) is 2.14. The summed E-state index contributed by atoms with van der Waals surface area (Å²) in [6.45, 7) is 0. The van der Waals surface area contributed by atoms with Crippen LogP contribution in [-0.4, -0.2) is 12.2 Å². The predicted molar refractivity (Wildman–Crippen MR) is 74.6 cm³/mol. The molecule has 0 aliphatic carbocycles. The van der Waals surface area contributed by atoms with Crippen molar-refractivity contribution in [3.8, 4) is 17.6 Å². The Morgan fingerprint density at radius 3 is 2.58 bits per heavy atom. The minimum atomic E-state index is 0.132. The lowest BCUT2D eigenvalue weighted by atomic mass is 10.0. The van der Waals surface area contributed by atoms with E-state index in [1.54, 1.807) is 18.2 Å². The lowest BCUT2D eigenvalue weighted by molar-refractivity contribution is 0.407. The molecular formula is C16H13NO2. The van der Waals surface area contributed by atoms with Gasteiger partial charge in [-0.2, -0.15) is 5.26 Å². The van der Waals surface area contributed by atoms with Crippen molar-refractivity contribution in [2.75, 3.05) is 7.11 Å². The quantitative estimate of drug-likeness (QED) is 0.671. The zero-order chi connectivity index (χ0) is 13.7. The fraction of sp³-hybridized carbons (Fsp3) is 0.0625. The Morgan fingerprint density at radius 2 is 1.95 bits per heavy atom. The van der Waals surface area contributed by atoms with E-state index in [4.69, 9.17) is 4.74 Å². The van der Waals surface area contributed by atoms with Crippen molar-refractivity contribution < 1.29 is 9.84 Å². The van der Waals surface area contributed by atoms with Crippen molar-refractivity contribution in [3.63, 3.8) is 0 Å². The van der Waals surface area contributed by atoms with E-state index in [2.05, 4.69) is 6.07 Å². The van der Waals surface area contributed by atoms with Crippen LogP contribution in [0, 0.1) is 11.3 Å². The van der Waals surface area contributed by atoms with E-state index in [1.165, 1.54) is 13.2 Å². The maximum absolute atomic E-state index is 9.41. The monoisotopic (exact) mass is 251 g/mol. The summed E-state index contributed by atoms with van der Waals surface area (Å²) in [4.78, 5) is 0. The van der Waals surface area contributed by atoms with E-state index >= 15 is 0 Å². The second-order valence-corrected chi connectivity index (χ2v) is 3.96. The van der Waals surface area contributed by atoms with Crippen molar-refractivity contribution >= 4 is 11.6 Å². The number of rotatable bonds is 3. The zero-order valence-corrected chi connectivity index (χ0v) is 10.5. The Hall–Kier alpha value is -2.73. The van der Waals surface area contributed by atoms with Crippen molar-refractivity contribution in [3.05, 3.63) is 59.7 Å². The van der Waals surface area contributed by atoms with Gasteiger partial charge < -0.3 is 9.84 Å². The molecule has 0 aliphatic heterocycles. The second kappa shape index (κ2) is 5.74. The summed E-state index contributed by atoms with van der Waals surface area (Å²) < 4.78 is 5.19. The van der Waals surface area contributed by atoms with Gasteiger partial charge >= 0.3 is 0 Å². The third kappa shape index (κ3) is 2.93. The number of phenols is 1. The molecule has 0 heterocycles. The first-order valence-corrected chi connectivity index (χ1v) is 5.79. The van der Waals surface area contributed by atoms with Gasteiger partial charge in [0.15, 0.2) is 0 Å². The molecular weight excluding hydrogens is 238 g/mol. The van der Waals surface area contributed by atoms with Gasteiger partial charge in [-0.3, -0.25) is 0 Å². The van der Waals surface area contributed by atoms with Gasteiger partial charge in [0.2, 0.25) is 0 Å². The normalized spacial score (nSPS) is 10.8. The number of benzene rings is 2. The average Bonchev–Trinajstić information content (AvgIpc) is 2.46. The highest BCUT2D eigenvalue weighted by Gasteiger charge is 2.05. The summed E-state index contributed by atoms with van der Waals surface area (Å²) in [7, 11) is 1.53. The maximum Gasteiger partial charge on any atom is 0.129 e. The fourth-order valence-electron chi connectivity index (χ4n) is 1.77. The summed E-state index contributed by atoms with van der Waals surface area (Å²) in [6, 6.07) is 16.4. The van der Waals surface area contributed by atoms with Crippen LogP contribution in [0.2, 0.25) is 0 Å². The molecule has 3 nitrogen and oxygen atoms in total. The van der Waals surface area contributed by atoms with Crippen LogP contribution < -0.4 is 4.74 Å². The largest absolute Gasteiger partial charge is 0.508 e. The SMILES string of the molecule is COc1cc(O)ccc1/C=C(\C#N)c1ccccc1. The van der Waals surface area contributed by atoms with E-state index in [-0.39, 0.29) is 5.75 Å².